The summed E-state index contributed by atoms with van der Waals surface area (Å²) in [6, 6.07) is 0.611. The van der Waals surface area contributed by atoms with E-state index in [2.05, 4.69) is 44.9 Å². The lowest BCUT2D eigenvalue weighted by Gasteiger charge is -2.23. The van der Waals surface area contributed by atoms with Crippen LogP contribution in [0.15, 0.2) is 0 Å². The molecule has 0 aromatic heterocycles. The molecule has 0 aliphatic rings. The summed E-state index contributed by atoms with van der Waals surface area (Å²) in [5.41, 5.74) is 0. The number of hydrogen-bond donors (Lipinski definition) is 1. The minimum atomic E-state index is 0.365. The zero-order chi connectivity index (χ0) is 11.7. The van der Waals surface area contributed by atoms with Gasteiger partial charge >= 0.3 is 0 Å². The molecule has 0 radical (unpaired) electrons. The fourth-order valence-electron chi connectivity index (χ4n) is 1.25. The molecule has 1 unspecified atom stereocenters. The number of thioether (sulfide) groups is 1. The van der Waals surface area contributed by atoms with Crippen molar-refractivity contribution in [2.75, 3.05) is 12.3 Å². The first-order valence-electron chi connectivity index (χ1n) is 5.76. The molecular formula is C13H25NS. The van der Waals surface area contributed by atoms with Crippen molar-refractivity contribution < 1.29 is 0 Å². The molecule has 0 amide bonds. The first-order chi connectivity index (χ1) is 6.99. The summed E-state index contributed by atoms with van der Waals surface area (Å²) in [7, 11) is 0. The molecule has 0 aromatic rings. The van der Waals surface area contributed by atoms with E-state index in [1.54, 1.807) is 0 Å². The maximum absolute atomic E-state index is 3.53. The largest absolute Gasteiger partial charge is 0.313 e. The summed E-state index contributed by atoms with van der Waals surface area (Å²) in [5.74, 6) is 7.27. The Morgan fingerprint density at radius 3 is 2.47 bits per heavy atom. The van der Waals surface area contributed by atoms with Crippen molar-refractivity contribution in [3.63, 3.8) is 0 Å². The van der Waals surface area contributed by atoms with Gasteiger partial charge in [0.25, 0.3) is 0 Å². The van der Waals surface area contributed by atoms with Crippen LogP contribution < -0.4 is 5.32 Å². The average molecular weight is 227 g/mol. The summed E-state index contributed by atoms with van der Waals surface area (Å²) in [4.78, 5) is 0. The zero-order valence-corrected chi connectivity index (χ0v) is 11.6. The van der Waals surface area contributed by atoms with E-state index in [1.165, 1.54) is 5.75 Å². The van der Waals surface area contributed by atoms with Gasteiger partial charge in [-0.3, -0.25) is 0 Å². The van der Waals surface area contributed by atoms with Crippen molar-refractivity contribution in [3.8, 4) is 11.8 Å². The molecule has 88 valence electrons. The summed E-state index contributed by atoms with van der Waals surface area (Å²) in [6.07, 6.45) is 2.18. The number of hydrogen-bond acceptors (Lipinski definition) is 2. The Bertz CT molecular complexity index is 207. The molecule has 1 nitrogen and oxygen atoms in total. The molecule has 0 heterocycles. The van der Waals surface area contributed by atoms with Gasteiger partial charge in [0.2, 0.25) is 0 Å². The molecule has 0 bridgehead atoms. The average Bonchev–Trinajstić information content (AvgIpc) is 2.13. The predicted octanol–water partition coefficient (Wildman–Crippen LogP) is 3.30. The molecule has 0 saturated carbocycles. The van der Waals surface area contributed by atoms with Gasteiger partial charge in [0.15, 0.2) is 0 Å². The second-order valence-electron chi connectivity index (χ2n) is 4.64. The molecule has 0 aliphatic carbocycles. The maximum Gasteiger partial charge on any atom is 0.0167 e. The van der Waals surface area contributed by atoms with Gasteiger partial charge in [0.05, 0.1) is 0 Å². The second kappa shape index (κ2) is 8.07. The van der Waals surface area contributed by atoms with Crippen molar-refractivity contribution in [1.29, 1.82) is 0 Å². The molecule has 1 atom stereocenters. The topological polar surface area (TPSA) is 12.0 Å². The van der Waals surface area contributed by atoms with Crippen LogP contribution in [0.5, 0.6) is 0 Å². The SMILES string of the molecule is CC#CCCC(CSC(C)(C)C)NCC. The molecule has 0 aliphatic heterocycles. The van der Waals surface area contributed by atoms with Gasteiger partial charge in [-0.15, -0.1) is 11.8 Å². The Hall–Kier alpha value is -0.130. The lowest BCUT2D eigenvalue weighted by Crippen LogP contribution is -2.32. The van der Waals surface area contributed by atoms with Crippen LogP contribution in [0.3, 0.4) is 0 Å². The molecule has 0 aromatic carbocycles. The number of nitrogens with one attached hydrogen (secondary N) is 1. The Morgan fingerprint density at radius 2 is 2.00 bits per heavy atom. The van der Waals surface area contributed by atoms with E-state index >= 15 is 0 Å². The summed E-state index contributed by atoms with van der Waals surface area (Å²) in [6.45, 7) is 11.9. The van der Waals surface area contributed by atoms with Crippen molar-refractivity contribution in [2.45, 2.75) is 58.2 Å². The molecule has 0 rings (SSSR count). The molecular weight excluding hydrogens is 202 g/mol. The normalized spacial score (nSPS) is 13.1. The van der Waals surface area contributed by atoms with E-state index in [0.29, 0.717) is 10.8 Å². The highest BCUT2D eigenvalue weighted by molar-refractivity contribution is 8.00. The second-order valence-corrected chi connectivity index (χ2v) is 6.49. The van der Waals surface area contributed by atoms with E-state index in [1.807, 2.05) is 18.7 Å². The van der Waals surface area contributed by atoms with Crippen LogP contribution in [0.1, 0.15) is 47.5 Å². The van der Waals surface area contributed by atoms with E-state index in [-0.39, 0.29) is 0 Å². The van der Waals surface area contributed by atoms with Crippen molar-refractivity contribution >= 4 is 11.8 Å². The summed E-state index contributed by atoms with van der Waals surface area (Å²) >= 11 is 2.03. The van der Waals surface area contributed by atoms with Crippen molar-refractivity contribution in [3.05, 3.63) is 0 Å². The van der Waals surface area contributed by atoms with Gasteiger partial charge < -0.3 is 5.32 Å². The smallest absolute Gasteiger partial charge is 0.0167 e. The highest BCUT2D eigenvalue weighted by atomic mass is 32.2. The Kier molecular flexibility index (Phi) is 8.00. The van der Waals surface area contributed by atoms with E-state index < -0.39 is 0 Å². The van der Waals surface area contributed by atoms with E-state index in [9.17, 15) is 0 Å². The van der Waals surface area contributed by atoms with E-state index in [0.717, 1.165) is 19.4 Å². The van der Waals surface area contributed by atoms with Crippen LogP contribution in [-0.4, -0.2) is 23.1 Å². The quantitative estimate of drug-likeness (QED) is 0.699. The summed E-state index contributed by atoms with van der Waals surface area (Å²) in [5, 5.41) is 3.53. The van der Waals surface area contributed by atoms with Crippen LogP contribution in [-0.2, 0) is 0 Å². The third kappa shape index (κ3) is 10.2. The first-order valence-corrected chi connectivity index (χ1v) is 6.75. The minimum Gasteiger partial charge on any atom is -0.313 e. The van der Waals surface area contributed by atoms with Gasteiger partial charge in [-0.25, -0.2) is 0 Å². The lowest BCUT2D eigenvalue weighted by atomic mass is 10.2. The summed E-state index contributed by atoms with van der Waals surface area (Å²) < 4.78 is 0.365. The molecule has 2 heteroatoms. The Labute approximate surface area is 99.8 Å². The van der Waals surface area contributed by atoms with Crippen LogP contribution in [0.4, 0.5) is 0 Å². The monoisotopic (exact) mass is 227 g/mol. The van der Waals surface area contributed by atoms with Crippen LogP contribution >= 0.6 is 11.8 Å². The van der Waals surface area contributed by atoms with Crippen LogP contribution in [0.25, 0.3) is 0 Å². The molecule has 1 N–H and O–H groups in total. The molecule has 15 heavy (non-hydrogen) atoms. The molecule has 0 saturated heterocycles. The third-order valence-electron chi connectivity index (χ3n) is 2.00. The van der Waals surface area contributed by atoms with Gasteiger partial charge in [-0.2, -0.15) is 11.8 Å². The van der Waals surface area contributed by atoms with Crippen molar-refractivity contribution in [2.24, 2.45) is 0 Å². The Morgan fingerprint density at radius 1 is 1.33 bits per heavy atom. The fraction of sp³-hybridized carbons (Fsp3) is 0.846. The minimum absolute atomic E-state index is 0.365. The molecule has 0 spiro atoms. The highest BCUT2D eigenvalue weighted by Crippen LogP contribution is 2.24. The van der Waals surface area contributed by atoms with Gasteiger partial charge in [0.1, 0.15) is 0 Å². The van der Waals surface area contributed by atoms with E-state index in [4.69, 9.17) is 0 Å². The lowest BCUT2D eigenvalue weighted by molar-refractivity contribution is 0.543. The standard InChI is InChI=1S/C13H25NS/c1-6-8-9-10-12(14-7-2)11-15-13(3,4)5/h12,14H,7,9-11H2,1-5H3. The first kappa shape index (κ1) is 14.9. The van der Waals surface area contributed by atoms with Gasteiger partial charge in [-0.1, -0.05) is 27.7 Å². The molecule has 0 fully saturated rings. The van der Waals surface area contributed by atoms with Gasteiger partial charge in [0, 0.05) is 23.0 Å². The highest BCUT2D eigenvalue weighted by Gasteiger charge is 2.14. The number of rotatable bonds is 6. The zero-order valence-electron chi connectivity index (χ0n) is 10.8. The maximum atomic E-state index is 3.53. The van der Waals surface area contributed by atoms with Crippen molar-refractivity contribution in [1.82, 2.24) is 5.32 Å². The van der Waals surface area contributed by atoms with Crippen LogP contribution in [0, 0.1) is 11.8 Å². The third-order valence-corrected chi connectivity index (χ3v) is 3.44. The van der Waals surface area contributed by atoms with Crippen LogP contribution in [0.2, 0.25) is 0 Å². The predicted molar refractivity (Wildman–Crippen MR) is 72.4 cm³/mol. The Balaban J connectivity index is 3.85. The van der Waals surface area contributed by atoms with Gasteiger partial charge in [-0.05, 0) is 19.9 Å². The fourth-order valence-corrected chi connectivity index (χ4v) is 2.24.